The third-order valence-electron chi connectivity index (χ3n) is 4.88. The van der Waals surface area contributed by atoms with Gasteiger partial charge in [0.25, 0.3) is 0 Å². The lowest BCUT2D eigenvalue weighted by Gasteiger charge is -2.19. The third kappa shape index (κ3) is 4.89. The van der Waals surface area contributed by atoms with E-state index in [2.05, 4.69) is 30.6 Å². The Bertz CT molecular complexity index is 783. The minimum atomic E-state index is 0.399. The molecule has 3 nitrogen and oxygen atoms in total. The Morgan fingerprint density at radius 1 is 1.22 bits per heavy atom. The van der Waals surface area contributed by atoms with Crippen LogP contribution in [0.2, 0.25) is 0 Å². The minimum absolute atomic E-state index is 0.399. The number of hydrogen-bond donors (Lipinski definition) is 2. The van der Waals surface area contributed by atoms with Gasteiger partial charge in [0.1, 0.15) is 11.5 Å². The summed E-state index contributed by atoms with van der Waals surface area (Å²) in [7, 11) is 0. The molecule has 1 aromatic carbocycles. The van der Waals surface area contributed by atoms with E-state index >= 15 is 0 Å². The van der Waals surface area contributed by atoms with Crippen molar-refractivity contribution >= 4 is 17.5 Å². The van der Waals surface area contributed by atoms with E-state index in [9.17, 15) is 0 Å². The molecular weight excluding hydrogens is 352 g/mol. The topological polar surface area (TPSA) is 47.3 Å². The highest BCUT2D eigenvalue weighted by atomic mass is 32.2. The maximum atomic E-state index is 6.08. The van der Waals surface area contributed by atoms with E-state index in [1.54, 1.807) is 6.08 Å². The van der Waals surface area contributed by atoms with Crippen molar-refractivity contribution in [3.8, 4) is 5.75 Å². The van der Waals surface area contributed by atoms with Gasteiger partial charge in [-0.2, -0.15) is 0 Å². The fourth-order valence-electron chi connectivity index (χ4n) is 3.53. The highest BCUT2D eigenvalue weighted by Gasteiger charge is 2.33. The lowest BCUT2D eigenvalue weighted by atomic mass is 10.1. The Kier molecular flexibility index (Phi) is 6.51. The molecule has 3 rings (SSSR count). The summed E-state index contributed by atoms with van der Waals surface area (Å²) < 4.78 is 5.85. The summed E-state index contributed by atoms with van der Waals surface area (Å²) >= 11 is 1.83. The Morgan fingerprint density at radius 3 is 2.56 bits per heavy atom. The largest absolute Gasteiger partial charge is 0.462 e. The number of benzene rings is 1. The lowest BCUT2D eigenvalue weighted by Crippen LogP contribution is -2.26. The fraction of sp³-hybridized carbons (Fsp3) is 0.304. The predicted molar refractivity (Wildman–Crippen MR) is 117 cm³/mol. The number of hydrogen-bond acceptors (Lipinski definition) is 4. The molecule has 0 aromatic heterocycles. The molecule has 0 spiro atoms. The number of nitrogens with two attached hydrogens (primary N) is 1. The maximum absolute atomic E-state index is 6.08. The first-order valence-electron chi connectivity index (χ1n) is 9.45. The van der Waals surface area contributed by atoms with Crippen LogP contribution < -0.4 is 15.8 Å². The molecule has 0 bridgehead atoms. The number of rotatable bonds is 7. The van der Waals surface area contributed by atoms with Crippen molar-refractivity contribution < 1.29 is 4.74 Å². The second-order valence-electron chi connectivity index (χ2n) is 6.98. The van der Waals surface area contributed by atoms with Gasteiger partial charge in [0.2, 0.25) is 0 Å². The van der Waals surface area contributed by atoms with E-state index in [0.717, 1.165) is 27.7 Å². The Hall–Kier alpha value is -2.33. The average molecular weight is 381 g/mol. The van der Waals surface area contributed by atoms with Gasteiger partial charge in [-0.25, -0.2) is 0 Å². The van der Waals surface area contributed by atoms with Gasteiger partial charge in [-0.1, -0.05) is 56.0 Å². The lowest BCUT2D eigenvalue weighted by molar-refractivity contribution is 0.428. The molecule has 142 valence electrons. The summed E-state index contributed by atoms with van der Waals surface area (Å²) in [6.07, 6.45) is 12.7. The molecule has 1 fully saturated rings. The molecule has 27 heavy (non-hydrogen) atoms. The maximum Gasteiger partial charge on any atom is 0.126 e. The third-order valence-corrected chi connectivity index (χ3v) is 6.34. The quantitative estimate of drug-likeness (QED) is 0.470. The van der Waals surface area contributed by atoms with Crippen LogP contribution in [-0.2, 0) is 0 Å². The van der Waals surface area contributed by atoms with Crippen molar-refractivity contribution in [2.75, 3.05) is 0 Å². The SMILES string of the molecule is C=C/C=C\C=C(/C)Oc1ccc(C2=C(C(=C)N)SC(C3CCCC3)N2)cc1. The van der Waals surface area contributed by atoms with E-state index in [1.807, 2.05) is 49.0 Å². The molecular formula is C23H28N2OS. The van der Waals surface area contributed by atoms with Crippen LogP contribution >= 0.6 is 11.8 Å². The number of allylic oxidation sites excluding steroid dienone is 5. The van der Waals surface area contributed by atoms with Gasteiger partial charge in [-0.3, -0.25) is 0 Å². The molecule has 3 N–H and O–H groups in total. The van der Waals surface area contributed by atoms with Gasteiger partial charge in [-0.15, -0.1) is 0 Å². The highest BCUT2D eigenvalue weighted by molar-refractivity contribution is 8.04. The summed E-state index contributed by atoms with van der Waals surface area (Å²) in [6, 6.07) is 8.13. The molecule has 1 atom stereocenters. The van der Waals surface area contributed by atoms with Crippen molar-refractivity contribution in [1.29, 1.82) is 0 Å². The standard InChI is InChI=1S/C23H28N2OS/c1-4-5-6-9-16(2)26-20-14-12-18(13-15-20)21-22(17(3)24)27-23(25-21)19-10-7-8-11-19/h4-6,9,12-15,19,23,25H,1,3,7-8,10-11,24H2,2H3/b6-5-,16-9+. The number of ether oxygens (including phenoxy) is 1. The van der Waals surface area contributed by atoms with Gasteiger partial charge in [0.05, 0.1) is 16.0 Å². The van der Waals surface area contributed by atoms with Crippen molar-refractivity contribution in [2.24, 2.45) is 11.7 Å². The van der Waals surface area contributed by atoms with E-state index in [0.29, 0.717) is 17.0 Å². The van der Waals surface area contributed by atoms with Crippen LogP contribution in [0.5, 0.6) is 5.75 Å². The second kappa shape index (κ2) is 9.05. The summed E-state index contributed by atoms with van der Waals surface area (Å²) in [5, 5.41) is 4.10. The first kappa shape index (κ1) is 19.4. The van der Waals surface area contributed by atoms with Gasteiger partial charge in [0, 0.05) is 5.70 Å². The van der Waals surface area contributed by atoms with Gasteiger partial charge >= 0.3 is 0 Å². The zero-order valence-electron chi connectivity index (χ0n) is 15.9. The zero-order chi connectivity index (χ0) is 19.2. The van der Waals surface area contributed by atoms with Gasteiger partial charge < -0.3 is 15.8 Å². The van der Waals surface area contributed by atoms with Crippen LogP contribution in [0.25, 0.3) is 5.70 Å². The second-order valence-corrected chi connectivity index (χ2v) is 8.13. The molecule has 0 amide bonds. The molecule has 1 unspecified atom stereocenters. The van der Waals surface area contributed by atoms with Crippen LogP contribution in [0.15, 0.2) is 78.1 Å². The van der Waals surface area contributed by atoms with E-state index in [1.165, 1.54) is 25.7 Å². The van der Waals surface area contributed by atoms with E-state index in [4.69, 9.17) is 10.5 Å². The summed E-state index contributed by atoms with van der Waals surface area (Å²) in [5.41, 5.74) is 8.93. The van der Waals surface area contributed by atoms with Crippen molar-refractivity contribution in [1.82, 2.24) is 5.32 Å². The smallest absolute Gasteiger partial charge is 0.126 e. The summed E-state index contributed by atoms with van der Waals surface area (Å²) in [5.74, 6) is 2.35. The van der Waals surface area contributed by atoms with Crippen molar-refractivity contribution in [3.63, 3.8) is 0 Å². The molecule has 1 aliphatic carbocycles. The minimum Gasteiger partial charge on any atom is -0.462 e. The van der Waals surface area contributed by atoms with E-state index in [-0.39, 0.29) is 0 Å². The molecule has 1 aliphatic heterocycles. The van der Waals surface area contributed by atoms with Crippen LogP contribution in [0.3, 0.4) is 0 Å². The van der Waals surface area contributed by atoms with Crippen molar-refractivity contribution in [2.45, 2.75) is 38.0 Å². The summed E-state index contributed by atoms with van der Waals surface area (Å²) in [4.78, 5) is 1.08. The normalized spacial score (nSPS) is 20.9. The molecule has 2 aliphatic rings. The van der Waals surface area contributed by atoms with Crippen LogP contribution in [-0.4, -0.2) is 5.37 Å². The Labute approximate surface area is 166 Å². The first-order valence-corrected chi connectivity index (χ1v) is 10.3. The monoisotopic (exact) mass is 380 g/mol. The molecule has 0 saturated heterocycles. The molecule has 1 aromatic rings. The average Bonchev–Trinajstić information content (AvgIpc) is 3.32. The van der Waals surface area contributed by atoms with Crippen LogP contribution in [0, 0.1) is 5.92 Å². The first-order chi connectivity index (χ1) is 13.1. The molecule has 4 heteroatoms. The van der Waals surface area contributed by atoms with Gasteiger partial charge in [0.15, 0.2) is 0 Å². The van der Waals surface area contributed by atoms with Crippen LogP contribution in [0.4, 0.5) is 0 Å². The molecule has 1 saturated carbocycles. The fourth-order valence-corrected chi connectivity index (χ4v) is 4.87. The Balaban J connectivity index is 1.73. The Morgan fingerprint density at radius 2 is 1.93 bits per heavy atom. The van der Waals surface area contributed by atoms with Gasteiger partial charge in [-0.05, 0) is 61.6 Å². The highest BCUT2D eigenvalue weighted by Crippen LogP contribution is 2.44. The zero-order valence-corrected chi connectivity index (χ0v) is 16.7. The van der Waals surface area contributed by atoms with Crippen molar-refractivity contribution in [3.05, 3.63) is 83.7 Å². The van der Waals surface area contributed by atoms with Crippen LogP contribution in [0.1, 0.15) is 38.2 Å². The molecule has 1 heterocycles. The summed E-state index contributed by atoms with van der Waals surface area (Å²) in [6.45, 7) is 9.57. The molecule has 0 radical (unpaired) electrons. The van der Waals surface area contributed by atoms with E-state index < -0.39 is 0 Å². The predicted octanol–water partition coefficient (Wildman–Crippen LogP) is 5.71. The number of nitrogens with one attached hydrogen (secondary N) is 1. The number of thioether (sulfide) groups is 1.